The van der Waals surface area contributed by atoms with E-state index in [9.17, 15) is 0 Å². The van der Waals surface area contributed by atoms with Gasteiger partial charge in [-0.15, -0.1) is 0 Å². The molecule has 0 aliphatic heterocycles. The molecule has 0 radical (unpaired) electrons. The van der Waals surface area contributed by atoms with Gasteiger partial charge in [0, 0.05) is 20.1 Å². The summed E-state index contributed by atoms with van der Waals surface area (Å²) >= 11 is 0. The van der Waals surface area contributed by atoms with E-state index in [0.29, 0.717) is 14.0 Å². The van der Waals surface area contributed by atoms with Crippen LogP contribution in [0.3, 0.4) is 0 Å². The summed E-state index contributed by atoms with van der Waals surface area (Å²) in [6, 6.07) is 42.6. The van der Waals surface area contributed by atoms with E-state index in [2.05, 4.69) is 127 Å². The quantitative estimate of drug-likeness (QED) is 0.0450. The molecule has 2 atom stereocenters. The lowest BCUT2D eigenvalue weighted by atomic mass is 10.0. The molecule has 56 heavy (non-hydrogen) atoms. The largest absolute Gasteiger partial charge is 0.344 e. The van der Waals surface area contributed by atoms with Gasteiger partial charge in [-0.05, 0) is 49.3 Å². The third-order valence-corrected chi connectivity index (χ3v) is 29.1. The van der Waals surface area contributed by atoms with E-state index in [1.54, 1.807) is 16.4 Å². The molecule has 0 amide bonds. The third kappa shape index (κ3) is 12.2. The Hall–Kier alpha value is -2.10. The number of benzene rings is 4. The molecule has 0 heterocycles. The molecule has 1 nitrogen and oxygen atoms in total. The highest BCUT2D eigenvalue weighted by Crippen LogP contribution is 2.58. The monoisotopic (exact) mass is 827 g/mol. The molecule has 0 aliphatic rings. The van der Waals surface area contributed by atoms with E-state index < -0.39 is 23.9 Å². The fourth-order valence-corrected chi connectivity index (χ4v) is 25.2. The normalized spacial score (nSPS) is 12.8. The zero-order chi connectivity index (χ0) is 40.4. The van der Waals surface area contributed by atoms with E-state index in [-0.39, 0.29) is 5.82 Å². The van der Waals surface area contributed by atoms with Crippen molar-refractivity contribution in [2.75, 3.05) is 11.7 Å². The molecular formula is C50H76FNP2Si2. The molecule has 4 aromatic rings. The zero-order valence-corrected chi connectivity index (χ0v) is 40.6. The summed E-state index contributed by atoms with van der Waals surface area (Å²) < 4.78 is 18.0. The van der Waals surface area contributed by atoms with Gasteiger partial charge in [-0.25, -0.2) is 4.39 Å². The van der Waals surface area contributed by atoms with Crippen molar-refractivity contribution in [1.29, 1.82) is 0 Å². The molecule has 4 rings (SSSR count). The molecule has 0 aliphatic carbocycles. The van der Waals surface area contributed by atoms with Crippen molar-refractivity contribution in [1.82, 2.24) is 0 Å². The summed E-state index contributed by atoms with van der Waals surface area (Å²) in [4.78, 5) is 0. The standard InChI is InChI=1S/C50H76FNP2Si2/c1-9-15-35-55(36-16-10-2,37-17-11-3)44-31-29-43(30-32-44)54(52(8)49-28-24-23-27-48(49)51)53-50-34-33-45(41-47(50)46-26-22-21-25-42(46)7)56(38-18-12-4,39-19-13-5)40-20-14-6/h21-34,41,53H,9-20,35-40H2,1-8H3. The second-order valence-electron chi connectivity index (χ2n) is 16.7. The Bertz CT molecular complexity index is 1680. The smallest absolute Gasteiger partial charge is 0.146 e. The molecule has 0 bridgehead atoms. The zero-order valence-electron chi connectivity index (χ0n) is 36.7. The molecule has 0 spiro atoms. The molecule has 306 valence electrons. The van der Waals surface area contributed by atoms with Crippen molar-refractivity contribution in [3.05, 3.63) is 102 Å². The van der Waals surface area contributed by atoms with Crippen LogP contribution in [0.25, 0.3) is 11.1 Å². The Morgan fingerprint density at radius 3 is 1.46 bits per heavy atom. The first-order chi connectivity index (χ1) is 27.2. The van der Waals surface area contributed by atoms with Crippen LogP contribution in [0, 0.1) is 12.7 Å². The van der Waals surface area contributed by atoms with Crippen molar-refractivity contribution >= 4 is 58.8 Å². The summed E-state index contributed by atoms with van der Waals surface area (Å²) in [6.45, 7) is 16.5. The minimum atomic E-state index is -1.73. The fourth-order valence-electron chi connectivity index (χ4n) is 8.98. The number of rotatable bonds is 26. The minimum Gasteiger partial charge on any atom is -0.344 e. The molecular weight excluding hydrogens is 752 g/mol. The van der Waals surface area contributed by atoms with E-state index in [4.69, 9.17) is 0 Å². The predicted octanol–water partition coefficient (Wildman–Crippen LogP) is 15.0. The highest BCUT2D eigenvalue weighted by molar-refractivity contribution is 8.28. The van der Waals surface area contributed by atoms with Crippen LogP contribution in [0.5, 0.6) is 0 Å². The molecule has 0 fully saturated rings. The minimum absolute atomic E-state index is 0.137. The van der Waals surface area contributed by atoms with E-state index >= 15 is 4.39 Å². The molecule has 0 aromatic heterocycles. The van der Waals surface area contributed by atoms with Gasteiger partial charge in [0.15, 0.2) is 0 Å². The predicted molar refractivity (Wildman–Crippen MR) is 261 cm³/mol. The van der Waals surface area contributed by atoms with Crippen LogP contribution < -0.4 is 25.7 Å². The molecule has 0 N–H and O–H groups in total. The molecule has 0 saturated carbocycles. The first-order valence-electron chi connectivity index (χ1n) is 22.6. The topological polar surface area (TPSA) is 3.24 Å². The summed E-state index contributed by atoms with van der Waals surface area (Å²) in [7, 11) is -1.61. The highest BCUT2D eigenvalue weighted by atomic mass is 32.1. The lowest BCUT2D eigenvalue weighted by Gasteiger charge is -2.35. The van der Waals surface area contributed by atoms with E-state index in [1.165, 1.54) is 141 Å². The number of anilines is 1. The maximum absolute atomic E-state index is 15.7. The van der Waals surface area contributed by atoms with Gasteiger partial charge < -0.3 is 4.67 Å². The number of aryl methyl sites for hydroxylation is 1. The number of halogens is 1. The van der Waals surface area contributed by atoms with Gasteiger partial charge in [-0.1, -0.05) is 244 Å². The first-order valence-corrected chi connectivity index (χ1v) is 31.0. The lowest BCUT2D eigenvalue weighted by molar-refractivity contribution is 0.629. The number of hydrogen-bond donors (Lipinski definition) is 0. The molecule has 4 aromatic carbocycles. The SMILES string of the molecule is CCCC[Si](CCCC)(CCCC)c1ccc(P(Pc2ccc([Si](CCCC)(CCCC)CCCC)cc2-c2ccccc2C)N(C)c2ccccc2F)cc1. The maximum atomic E-state index is 15.7. The van der Waals surface area contributed by atoms with Crippen molar-refractivity contribution in [2.45, 2.75) is 162 Å². The van der Waals surface area contributed by atoms with Crippen LogP contribution in [0.2, 0.25) is 36.3 Å². The van der Waals surface area contributed by atoms with Crippen LogP contribution in [0.4, 0.5) is 10.1 Å². The molecule has 0 saturated heterocycles. The van der Waals surface area contributed by atoms with Gasteiger partial charge >= 0.3 is 0 Å². The van der Waals surface area contributed by atoms with Crippen molar-refractivity contribution in [2.24, 2.45) is 0 Å². The number of unbranched alkanes of at least 4 members (excludes halogenated alkanes) is 6. The van der Waals surface area contributed by atoms with Gasteiger partial charge in [-0.2, -0.15) is 0 Å². The fraction of sp³-hybridized carbons (Fsp3) is 0.520. The summed E-state index contributed by atoms with van der Waals surface area (Å²) in [5.74, 6) is -0.137. The average molecular weight is 828 g/mol. The van der Waals surface area contributed by atoms with Crippen LogP contribution in [0.1, 0.15) is 124 Å². The van der Waals surface area contributed by atoms with Crippen LogP contribution in [-0.4, -0.2) is 23.2 Å². The lowest BCUT2D eigenvalue weighted by Crippen LogP contribution is -2.48. The molecule has 2 unspecified atom stereocenters. The van der Waals surface area contributed by atoms with Gasteiger partial charge in [0.05, 0.1) is 21.8 Å². The molecule has 6 heteroatoms. The van der Waals surface area contributed by atoms with Crippen molar-refractivity contribution < 1.29 is 4.39 Å². The average Bonchev–Trinajstić information content (AvgIpc) is 3.23. The number of para-hydroxylation sites is 1. The second kappa shape index (κ2) is 24.1. The Balaban J connectivity index is 1.90. The Morgan fingerprint density at radius 2 is 0.982 bits per heavy atom. The van der Waals surface area contributed by atoms with Crippen LogP contribution in [-0.2, 0) is 0 Å². The summed E-state index contributed by atoms with van der Waals surface area (Å²) in [6.07, 6.45) is 15.6. The van der Waals surface area contributed by atoms with Crippen molar-refractivity contribution in [3.63, 3.8) is 0 Å². The van der Waals surface area contributed by atoms with Gasteiger partial charge in [-0.3, -0.25) is 0 Å². The Morgan fingerprint density at radius 1 is 0.536 bits per heavy atom. The van der Waals surface area contributed by atoms with E-state index in [0.717, 1.165) is 0 Å². The summed E-state index contributed by atoms with van der Waals surface area (Å²) in [5, 5.41) is 6.10. The maximum Gasteiger partial charge on any atom is 0.146 e. The highest BCUT2D eigenvalue weighted by Gasteiger charge is 2.35. The first kappa shape index (κ1) is 46.6. The second-order valence-corrected chi connectivity index (χ2v) is 30.4. The third-order valence-electron chi connectivity index (χ3n) is 12.6. The number of hydrogen-bond acceptors (Lipinski definition) is 1. The van der Waals surface area contributed by atoms with E-state index in [1.807, 2.05) is 18.2 Å². The van der Waals surface area contributed by atoms with Gasteiger partial charge in [0.1, 0.15) is 5.82 Å². The van der Waals surface area contributed by atoms with Gasteiger partial charge in [0.2, 0.25) is 0 Å². The van der Waals surface area contributed by atoms with Crippen molar-refractivity contribution in [3.8, 4) is 11.1 Å². The Labute approximate surface area is 348 Å². The van der Waals surface area contributed by atoms with Gasteiger partial charge in [0.25, 0.3) is 0 Å². The van der Waals surface area contributed by atoms with Crippen LogP contribution >= 0.6 is 16.0 Å². The summed E-state index contributed by atoms with van der Waals surface area (Å²) in [5.41, 5.74) is 4.81. The Kier molecular flexibility index (Phi) is 20.0. The number of nitrogens with zero attached hydrogens (tertiary/aromatic N) is 1. The van der Waals surface area contributed by atoms with Crippen LogP contribution in [0.15, 0.2) is 91.0 Å².